The largest absolute Gasteiger partial charge is 0.508 e. The highest BCUT2D eigenvalue weighted by Gasteiger charge is 2.30. The number of halogens is 2. The Kier molecular flexibility index (Phi) is 9.69. The van der Waals surface area contributed by atoms with Gasteiger partial charge in [0.05, 0.1) is 21.1 Å². The zero-order chi connectivity index (χ0) is 34.7. The van der Waals surface area contributed by atoms with Crippen molar-refractivity contribution in [3.8, 4) is 17.2 Å². The smallest absolute Gasteiger partial charge is 0.326 e. The molecule has 0 saturated heterocycles. The Morgan fingerprint density at radius 1 is 0.729 bits per heavy atom. The van der Waals surface area contributed by atoms with Gasteiger partial charge in [-0.25, -0.2) is 4.79 Å². The molecule has 244 valence electrons. The molecular weight excluding hydrogens is 665 g/mol. The first-order chi connectivity index (χ1) is 22.8. The highest BCUT2D eigenvalue weighted by atomic mass is 35.5. The number of carboxylic acids is 1. The van der Waals surface area contributed by atoms with Gasteiger partial charge in [-0.3, -0.25) is 23.7 Å². The van der Waals surface area contributed by atoms with Crippen LogP contribution < -0.4 is 10.6 Å². The molecule has 5 aromatic rings. The van der Waals surface area contributed by atoms with E-state index >= 15 is 0 Å². The van der Waals surface area contributed by atoms with E-state index in [-0.39, 0.29) is 50.2 Å². The summed E-state index contributed by atoms with van der Waals surface area (Å²) in [5, 5.41) is 44.2. The van der Waals surface area contributed by atoms with Gasteiger partial charge in [0.2, 0.25) is 0 Å². The van der Waals surface area contributed by atoms with Crippen molar-refractivity contribution in [3.63, 3.8) is 0 Å². The average molecular weight is 690 g/mol. The number of fused-ring (bicyclic) bond motifs is 1. The molecule has 1 heterocycles. The van der Waals surface area contributed by atoms with Crippen LogP contribution in [0.25, 0.3) is 10.9 Å². The lowest BCUT2D eigenvalue weighted by molar-refractivity contribution is -0.139. The number of aliphatic carboxylic acids is 1. The number of ketones is 1. The van der Waals surface area contributed by atoms with E-state index < -0.39 is 53.4 Å². The molecular formula is C34H25Cl2N3O9. The standard InChI is InChI=1S/C34H25Cl2N3O9/c35-24-11-19(31(44)37-16-17-4-3-6-21(40)8-17)12-25(36)30(24)29(43)15-26(34(47)48)38-32(45)28-13-18-5-1-2-7-27(18)39(28)33(46)20-9-22(41)14-23(42)10-20/h1-14,26,40-42H,15-16H2,(H,37,44)(H,38,45)(H,47,48)/t26-/m0/s1. The van der Waals surface area contributed by atoms with Crippen LogP contribution in [0.4, 0.5) is 0 Å². The van der Waals surface area contributed by atoms with E-state index in [1.165, 1.54) is 30.3 Å². The molecule has 0 aliphatic heterocycles. The molecule has 6 N–H and O–H groups in total. The molecule has 0 fully saturated rings. The molecule has 1 aromatic heterocycles. The van der Waals surface area contributed by atoms with Crippen molar-refractivity contribution in [3.05, 3.63) is 123 Å². The van der Waals surface area contributed by atoms with Gasteiger partial charge in [0.25, 0.3) is 17.7 Å². The number of para-hydroxylation sites is 1. The number of carboxylic acid groups (broad SMARTS) is 1. The van der Waals surface area contributed by atoms with E-state index in [1.54, 1.807) is 36.4 Å². The van der Waals surface area contributed by atoms with Gasteiger partial charge in [-0.2, -0.15) is 0 Å². The van der Waals surface area contributed by atoms with Crippen LogP contribution in [0.2, 0.25) is 10.0 Å². The fourth-order valence-electron chi connectivity index (χ4n) is 5.03. The number of benzene rings is 4. The minimum Gasteiger partial charge on any atom is -0.508 e. The molecule has 2 amide bonds. The number of carbonyl (C=O) groups excluding carboxylic acids is 4. The van der Waals surface area contributed by atoms with Gasteiger partial charge < -0.3 is 31.1 Å². The molecule has 0 aliphatic carbocycles. The summed E-state index contributed by atoms with van der Waals surface area (Å²) in [4.78, 5) is 65.3. The first kappa shape index (κ1) is 33.5. The monoisotopic (exact) mass is 689 g/mol. The zero-order valence-electron chi connectivity index (χ0n) is 24.6. The number of aromatic hydroxyl groups is 3. The van der Waals surface area contributed by atoms with Crippen LogP contribution >= 0.6 is 23.2 Å². The first-order valence-electron chi connectivity index (χ1n) is 14.1. The predicted molar refractivity (Wildman–Crippen MR) is 175 cm³/mol. The van der Waals surface area contributed by atoms with Crippen LogP contribution in [0.3, 0.4) is 0 Å². The first-order valence-corrected chi connectivity index (χ1v) is 14.9. The number of hydrogen-bond acceptors (Lipinski definition) is 8. The Morgan fingerprint density at radius 3 is 2.04 bits per heavy atom. The average Bonchev–Trinajstić information content (AvgIpc) is 3.42. The number of carbonyl (C=O) groups is 5. The third-order valence-electron chi connectivity index (χ3n) is 7.24. The molecule has 1 atom stereocenters. The lowest BCUT2D eigenvalue weighted by Crippen LogP contribution is -2.43. The van der Waals surface area contributed by atoms with Crippen molar-refractivity contribution in [1.82, 2.24) is 15.2 Å². The van der Waals surface area contributed by atoms with Crippen molar-refractivity contribution in [2.45, 2.75) is 19.0 Å². The molecule has 0 aliphatic rings. The molecule has 0 spiro atoms. The van der Waals surface area contributed by atoms with Crippen molar-refractivity contribution in [2.24, 2.45) is 0 Å². The maximum absolute atomic E-state index is 13.5. The van der Waals surface area contributed by atoms with Gasteiger partial charge in [0, 0.05) is 35.5 Å². The van der Waals surface area contributed by atoms with Gasteiger partial charge in [-0.05, 0) is 54.1 Å². The van der Waals surface area contributed by atoms with E-state index in [0.717, 1.165) is 22.8 Å². The third kappa shape index (κ3) is 7.25. The Bertz CT molecular complexity index is 2080. The summed E-state index contributed by atoms with van der Waals surface area (Å²) in [5.41, 5.74) is 0.216. The maximum Gasteiger partial charge on any atom is 0.326 e. The maximum atomic E-state index is 13.5. The van der Waals surface area contributed by atoms with Gasteiger partial charge in [0.1, 0.15) is 29.0 Å². The van der Waals surface area contributed by atoms with Gasteiger partial charge in [-0.1, -0.05) is 53.5 Å². The quantitative estimate of drug-likeness (QED) is 0.108. The molecule has 4 aromatic carbocycles. The SMILES string of the molecule is O=C(NCc1cccc(O)c1)c1cc(Cl)c(C(=O)C[C@H](NC(=O)c2cc3ccccc3n2C(=O)c2cc(O)cc(O)c2)C(=O)O)c(Cl)c1. The minimum absolute atomic E-state index is 0.0161. The minimum atomic E-state index is -1.80. The fraction of sp³-hybridized carbons (Fsp3) is 0.0882. The molecule has 0 bridgehead atoms. The van der Waals surface area contributed by atoms with Crippen molar-refractivity contribution >= 4 is 63.6 Å². The van der Waals surface area contributed by atoms with Gasteiger partial charge >= 0.3 is 5.97 Å². The second-order valence-electron chi connectivity index (χ2n) is 10.6. The Hall–Kier alpha value is -5.85. The van der Waals surface area contributed by atoms with Crippen LogP contribution in [-0.4, -0.2) is 60.5 Å². The number of hydrogen-bond donors (Lipinski definition) is 6. The summed E-state index contributed by atoms with van der Waals surface area (Å²) in [6.45, 7) is 0.0734. The number of Topliss-reactive ketones (excluding diaryl/α,β-unsaturated/α-hetero) is 1. The summed E-state index contributed by atoms with van der Waals surface area (Å²) < 4.78 is 0.998. The third-order valence-corrected chi connectivity index (χ3v) is 7.83. The number of nitrogens with one attached hydrogen (secondary N) is 2. The molecule has 0 unspecified atom stereocenters. The fourth-order valence-corrected chi connectivity index (χ4v) is 5.73. The number of phenols is 3. The van der Waals surface area contributed by atoms with Crippen LogP contribution in [0, 0.1) is 0 Å². The molecule has 5 rings (SSSR count). The van der Waals surface area contributed by atoms with Crippen molar-refractivity contribution in [2.75, 3.05) is 0 Å². The van der Waals surface area contributed by atoms with Crippen molar-refractivity contribution < 1.29 is 44.4 Å². The van der Waals surface area contributed by atoms with Gasteiger partial charge in [0.15, 0.2) is 5.78 Å². The van der Waals surface area contributed by atoms with Crippen molar-refractivity contribution in [1.29, 1.82) is 0 Å². The summed E-state index contributed by atoms with van der Waals surface area (Å²) >= 11 is 12.7. The summed E-state index contributed by atoms with van der Waals surface area (Å²) in [6, 6.07) is 17.8. The molecule has 14 heteroatoms. The summed E-state index contributed by atoms with van der Waals surface area (Å²) in [7, 11) is 0. The number of rotatable bonds is 10. The summed E-state index contributed by atoms with van der Waals surface area (Å²) in [5.74, 6) is -5.59. The predicted octanol–water partition coefficient (Wildman–Crippen LogP) is 5.14. The normalized spacial score (nSPS) is 11.5. The summed E-state index contributed by atoms with van der Waals surface area (Å²) in [6.07, 6.45) is -0.793. The van der Waals surface area contributed by atoms with E-state index in [9.17, 15) is 44.4 Å². The number of aromatic nitrogens is 1. The van der Waals surface area contributed by atoms with Crippen LogP contribution in [0.15, 0.2) is 84.9 Å². The zero-order valence-corrected chi connectivity index (χ0v) is 26.1. The van der Waals surface area contributed by atoms with E-state index in [1.807, 2.05) is 0 Å². The Balaban J connectivity index is 1.36. The van der Waals surface area contributed by atoms with Crippen LogP contribution in [0.5, 0.6) is 17.2 Å². The molecule has 0 radical (unpaired) electrons. The Labute approximate surface area is 281 Å². The second-order valence-corrected chi connectivity index (χ2v) is 11.4. The van der Waals surface area contributed by atoms with E-state index in [2.05, 4.69) is 10.6 Å². The lowest BCUT2D eigenvalue weighted by atomic mass is 10.0. The van der Waals surface area contributed by atoms with Crippen LogP contribution in [-0.2, 0) is 11.3 Å². The van der Waals surface area contributed by atoms with E-state index in [4.69, 9.17) is 23.2 Å². The molecule has 48 heavy (non-hydrogen) atoms. The highest BCUT2D eigenvalue weighted by Crippen LogP contribution is 2.29. The van der Waals surface area contributed by atoms with Gasteiger partial charge in [-0.15, -0.1) is 0 Å². The Morgan fingerprint density at radius 2 is 1.40 bits per heavy atom. The highest BCUT2D eigenvalue weighted by molar-refractivity contribution is 6.40. The lowest BCUT2D eigenvalue weighted by Gasteiger charge is -2.16. The topological polar surface area (TPSA) is 195 Å². The molecule has 12 nitrogen and oxygen atoms in total. The number of nitrogens with zero attached hydrogens (tertiary/aromatic N) is 1. The van der Waals surface area contributed by atoms with E-state index in [0.29, 0.717) is 10.9 Å². The number of amides is 2. The van der Waals surface area contributed by atoms with Crippen LogP contribution in [0.1, 0.15) is 53.5 Å². The second kappa shape index (κ2) is 13.9. The molecule has 0 saturated carbocycles. The number of phenolic OH excluding ortho intramolecular Hbond substituents is 3.